The molecule has 0 unspecified atom stereocenters. The maximum Gasteiger partial charge on any atom is 0.305 e. The molecule has 8 rings (SSSR count). The summed E-state index contributed by atoms with van der Waals surface area (Å²) in [5.74, 6) is 2.73. The number of rotatable bonds is 52. The van der Waals surface area contributed by atoms with Gasteiger partial charge in [0, 0.05) is 75.0 Å². The minimum absolute atomic E-state index is 0.121. The number of hydrogen-bond acceptors (Lipinski definition) is 16. The van der Waals surface area contributed by atoms with Crippen LogP contribution in [0.4, 0.5) is 0 Å². The summed E-state index contributed by atoms with van der Waals surface area (Å²) in [5, 5.41) is 41.4. The molecule has 4 fully saturated rings. The highest BCUT2D eigenvalue weighted by Gasteiger charge is 2.39. The molecule has 4 N–H and O–H groups in total. The lowest BCUT2D eigenvalue weighted by Crippen LogP contribution is -2.13. The van der Waals surface area contributed by atoms with Crippen LogP contribution in [0.1, 0.15) is 428 Å². The van der Waals surface area contributed by atoms with Gasteiger partial charge in [0.2, 0.25) is 0 Å². The van der Waals surface area contributed by atoms with Gasteiger partial charge in [0.05, 0.1) is 52.9 Å². The smallest absolute Gasteiger partial charge is 0.305 e. The van der Waals surface area contributed by atoms with Crippen LogP contribution in [0.3, 0.4) is 0 Å². The van der Waals surface area contributed by atoms with E-state index in [0.29, 0.717) is 98.2 Å². The zero-order valence-electron chi connectivity index (χ0n) is 72.8. The van der Waals surface area contributed by atoms with E-state index >= 15 is 0 Å². The van der Waals surface area contributed by atoms with Crippen molar-refractivity contribution < 1.29 is 77.7 Å². The molecule has 116 heavy (non-hydrogen) atoms. The third-order valence-electron chi connectivity index (χ3n) is 25.2. The first-order chi connectivity index (χ1) is 56.2. The lowest BCUT2D eigenvalue weighted by Gasteiger charge is -2.20. The number of aliphatic hydroxyl groups is 4. The molecule has 0 radical (unpaired) electrons. The second-order valence-corrected chi connectivity index (χ2v) is 33.7. The lowest BCUT2D eigenvalue weighted by atomic mass is 9.84. The number of esters is 4. The Morgan fingerprint density at radius 2 is 0.457 bits per heavy atom. The topological polar surface area (TPSA) is 254 Å². The standard InChI is InChI=1S/4C25H38O4/c4*1-3-4-7-11-23(26)20-15-13-19(14-16-20)21-17-18-24(27)22(21)10-8-5-6-9-12-25(28)29-2/h4*13-16,21-23,26H,3-12,17-18H2,1-2H3/t21-,22+,23+;21-,22+,23-;21-,22-,23+;21-,22-,23-/m0101/s1. The third kappa shape index (κ3) is 36.9. The van der Waals surface area contributed by atoms with Gasteiger partial charge in [-0.15, -0.1) is 0 Å². The molecule has 648 valence electrons. The van der Waals surface area contributed by atoms with Gasteiger partial charge >= 0.3 is 23.9 Å². The van der Waals surface area contributed by atoms with Gasteiger partial charge in [-0.2, -0.15) is 0 Å². The number of methoxy groups -OCH3 is 4. The van der Waals surface area contributed by atoms with E-state index in [1.165, 1.54) is 50.7 Å². The lowest BCUT2D eigenvalue weighted by molar-refractivity contribution is -0.141. The summed E-state index contributed by atoms with van der Waals surface area (Å²) < 4.78 is 18.7. The Kier molecular flexibility index (Phi) is 50.8. The van der Waals surface area contributed by atoms with Crippen molar-refractivity contribution in [2.45, 2.75) is 384 Å². The Bertz CT molecular complexity index is 2930. The summed E-state index contributed by atoms with van der Waals surface area (Å²) in [7, 11) is 5.70. The molecule has 4 aromatic rings. The molecule has 4 aromatic carbocycles. The highest BCUT2D eigenvalue weighted by atomic mass is 16.5. The summed E-state index contributed by atoms with van der Waals surface area (Å²) in [6.45, 7) is 8.68. The summed E-state index contributed by atoms with van der Waals surface area (Å²) in [4.78, 5) is 94.3. The van der Waals surface area contributed by atoms with E-state index in [0.717, 1.165) is 279 Å². The molecule has 12 atom stereocenters. The van der Waals surface area contributed by atoms with Gasteiger partial charge in [-0.3, -0.25) is 38.4 Å². The molecule has 0 spiro atoms. The summed E-state index contributed by atoms with van der Waals surface area (Å²) in [6, 6.07) is 33.3. The third-order valence-corrected chi connectivity index (χ3v) is 25.2. The first-order valence-electron chi connectivity index (χ1n) is 45.8. The fourth-order valence-corrected chi connectivity index (χ4v) is 17.9. The molecule has 16 nitrogen and oxygen atoms in total. The predicted octanol–water partition coefficient (Wildman–Crippen LogP) is 23.5. The second kappa shape index (κ2) is 59.0. The zero-order chi connectivity index (χ0) is 84.2. The van der Waals surface area contributed by atoms with Gasteiger partial charge in [-0.05, 0) is 171 Å². The molecular weight excluding hydrogens is 1460 g/mol. The van der Waals surface area contributed by atoms with E-state index in [2.05, 4.69) is 95.2 Å². The maximum atomic E-state index is 12.4. The van der Waals surface area contributed by atoms with Gasteiger partial charge < -0.3 is 39.4 Å². The Balaban J connectivity index is 0.000000276. The first kappa shape index (κ1) is 99.8. The molecule has 16 heteroatoms. The average molecular weight is 1610 g/mol. The molecule has 4 aliphatic rings. The molecule has 4 aliphatic carbocycles. The monoisotopic (exact) mass is 1610 g/mol. The highest BCUT2D eigenvalue weighted by Crippen LogP contribution is 2.45. The van der Waals surface area contributed by atoms with Gasteiger partial charge in [0.25, 0.3) is 0 Å². The molecular formula is C100H152O16. The van der Waals surface area contributed by atoms with Crippen LogP contribution >= 0.6 is 0 Å². The molecule has 0 bridgehead atoms. The maximum absolute atomic E-state index is 12.4. The van der Waals surface area contributed by atoms with Gasteiger partial charge in [0.15, 0.2) is 0 Å². The van der Waals surface area contributed by atoms with E-state index in [-0.39, 0.29) is 72.0 Å². The summed E-state index contributed by atoms with van der Waals surface area (Å²) in [5.41, 5.74) is 8.86. The van der Waals surface area contributed by atoms with Crippen LogP contribution in [0.2, 0.25) is 0 Å². The molecule has 0 aromatic heterocycles. The number of ketones is 4. The van der Waals surface area contributed by atoms with E-state index in [9.17, 15) is 58.8 Å². The van der Waals surface area contributed by atoms with Crippen LogP contribution in [0, 0.1) is 23.7 Å². The van der Waals surface area contributed by atoms with E-state index in [4.69, 9.17) is 0 Å². The Morgan fingerprint density at radius 1 is 0.276 bits per heavy atom. The van der Waals surface area contributed by atoms with Crippen molar-refractivity contribution in [3.63, 3.8) is 0 Å². The predicted molar refractivity (Wildman–Crippen MR) is 463 cm³/mol. The number of unbranched alkanes of at least 4 members (excludes halogenated alkanes) is 20. The summed E-state index contributed by atoms with van der Waals surface area (Å²) >= 11 is 0. The van der Waals surface area contributed by atoms with Crippen LogP contribution in [-0.2, 0) is 57.3 Å². The second-order valence-electron chi connectivity index (χ2n) is 33.7. The fraction of sp³-hybridized carbons (Fsp3) is 0.680. The highest BCUT2D eigenvalue weighted by molar-refractivity contribution is 5.86. The number of ether oxygens (including phenoxy) is 4. The van der Waals surface area contributed by atoms with Crippen LogP contribution in [-0.4, -0.2) is 95.9 Å². The number of aliphatic hydroxyl groups excluding tert-OH is 4. The normalized spacial score (nSPS) is 20.0. The molecule has 0 heterocycles. The SMILES string of the molecule is CCCCC[C@@H](O)c1ccc([C@@H]2CCC(=O)[C@@H]2CCCCCCC(=O)OC)cc1.CCCCC[C@@H](O)c1ccc([C@@H]2CCC(=O)[C@H]2CCCCCCC(=O)OC)cc1.CCCCC[C@@H](O)c1ccc([C@H]2CCC(=O)[C@@H]2CCCCCCC(=O)OC)cc1.CCCCC[C@@H](O)c1ccc([C@H]2CCC(=O)[C@H]2CCCCCCC(=O)OC)cc1. The minimum Gasteiger partial charge on any atom is -0.469 e. The number of hydrogen-bond donors (Lipinski definition) is 4. The summed E-state index contributed by atoms with van der Waals surface area (Å²) in [6.07, 6.45) is 43.1. The van der Waals surface area contributed by atoms with Crippen molar-refractivity contribution in [1.82, 2.24) is 0 Å². The van der Waals surface area contributed by atoms with E-state index in [1.807, 2.05) is 48.5 Å². The van der Waals surface area contributed by atoms with Crippen LogP contribution in [0.15, 0.2) is 97.1 Å². The first-order valence-corrected chi connectivity index (χ1v) is 45.8. The van der Waals surface area contributed by atoms with Gasteiger partial charge in [-0.1, -0.05) is 279 Å². The van der Waals surface area contributed by atoms with Crippen LogP contribution in [0.25, 0.3) is 0 Å². The van der Waals surface area contributed by atoms with Crippen molar-refractivity contribution in [2.75, 3.05) is 28.4 Å². The minimum atomic E-state index is -0.387. The van der Waals surface area contributed by atoms with Crippen molar-refractivity contribution in [1.29, 1.82) is 0 Å². The number of benzene rings is 4. The van der Waals surface area contributed by atoms with Crippen LogP contribution < -0.4 is 0 Å². The van der Waals surface area contributed by atoms with Crippen molar-refractivity contribution in [2.24, 2.45) is 23.7 Å². The molecule has 4 saturated carbocycles. The van der Waals surface area contributed by atoms with Crippen LogP contribution in [0.5, 0.6) is 0 Å². The van der Waals surface area contributed by atoms with E-state index < -0.39 is 0 Å². The fourth-order valence-electron chi connectivity index (χ4n) is 17.9. The Labute approximate surface area is 698 Å². The molecule has 0 aliphatic heterocycles. The van der Waals surface area contributed by atoms with Crippen molar-refractivity contribution in [3.8, 4) is 0 Å². The van der Waals surface area contributed by atoms with Gasteiger partial charge in [-0.25, -0.2) is 0 Å². The number of carbonyl (C=O) groups is 8. The molecule has 0 saturated heterocycles. The van der Waals surface area contributed by atoms with E-state index in [1.54, 1.807) is 0 Å². The quantitative estimate of drug-likeness (QED) is 0.0182. The largest absolute Gasteiger partial charge is 0.469 e. The van der Waals surface area contributed by atoms with Gasteiger partial charge in [0.1, 0.15) is 23.1 Å². The molecule has 0 amide bonds. The average Bonchev–Trinajstić information content (AvgIpc) is 1.72. The number of Topliss-reactive ketones (excluding diaryl/α,β-unsaturated/α-hetero) is 4. The Hall–Kier alpha value is -6.72. The van der Waals surface area contributed by atoms with Crippen molar-refractivity contribution in [3.05, 3.63) is 142 Å². The number of carbonyl (C=O) groups excluding carboxylic acids is 8. The Morgan fingerprint density at radius 3 is 0.629 bits per heavy atom. The zero-order valence-corrected chi connectivity index (χ0v) is 72.8. The van der Waals surface area contributed by atoms with Crippen molar-refractivity contribution >= 4 is 47.0 Å².